The first kappa shape index (κ1) is 22.4. The Labute approximate surface area is 179 Å². The van der Waals surface area contributed by atoms with Crippen LogP contribution in [-0.2, 0) is 9.47 Å². The zero-order valence-corrected chi connectivity index (χ0v) is 18.3. The largest absolute Gasteiger partial charge is 0.491 e. The lowest BCUT2D eigenvalue weighted by molar-refractivity contribution is -0.0147. The van der Waals surface area contributed by atoms with E-state index in [4.69, 9.17) is 19.5 Å². The first-order chi connectivity index (χ1) is 14.3. The van der Waals surface area contributed by atoms with Crippen LogP contribution in [0.4, 0.5) is 4.79 Å². The molecule has 1 aromatic carbocycles. The van der Waals surface area contributed by atoms with E-state index < -0.39 is 5.60 Å². The maximum Gasteiger partial charge on any atom is 0.410 e. The van der Waals surface area contributed by atoms with Gasteiger partial charge in [-0.1, -0.05) is 0 Å². The second-order valence-corrected chi connectivity index (χ2v) is 9.21. The molecule has 2 heterocycles. The van der Waals surface area contributed by atoms with Crippen LogP contribution in [0.3, 0.4) is 0 Å². The van der Waals surface area contributed by atoms with Gasteiger partial charge in [0.2, 0.25) is 0 Å². The number of ether oxygens (including phenoxy) is 3. The molecular formula is C23H33N3O4. The van der Waals surface area contributed by atoms with Gasteiger partial charge in [-0.25, -0.2) is 4.79 Å². The lowest BCUT2D eigenvalue weighted by atomic mass is 9.85. The first-order valence-electron chi connectivity index (χ1n) is 10.7. The van der Waals surface area contributed by atoms with E-state index in [0.717, 1.165) is 38.5 Å². The number of carbonyl (C=O) groups excluding carboxylic acids is 1. The van der Waals surface area contributed by atoms with Crippen LogP contribution in [0.1, 0.15) is 32.8 Å². The summed E-state index contributed by atoms with van der Waals surface area (Å²) in [5.41, 5.74) is 0.177. The fourth-order valence-corrected chi connectivity index (χ4v) is 4.19. The van der Waals surface area contributed by atoms with Crippen LogP contribution >= 0.6 is 0 Å². The van der Waals surface area contributed by atoms with Gasteiger partial charge in [0.25, 0.3) is 0 Å². The highest BCUT2D eigenvalue weighted by Gasteiger charge is 2.37. The maximum absolute atomic E-state index is 12.4. The molecule has 7 heteroatoms. The summed E-state index contributed by atoms with van der Waals surface area (Å²) >= 11 is 0. The minimum atomic E-state index is -0.448. The Morgan fingerprint density at radius 3 is 2.33 bits per heavy atom. The van der Waals surface area contributed by atoms with Gasteiger partial charge in [0.15, 0.2) is 0 Å². The smallest absolute Gasteiger partial charge is 0.410 e. The molecule has 30 heavy (non-hydrogen) atoms. The van der Waals surface area contributed by atoms with Gasteiger partial charge < -0.3 is 24.0 Å². The fourth-order valence-electron chi connectivity index (χ4n) is 4.19. The average molecular weight is 416 g/mol. The van der Waals surface area contributed by atoms with Crippen molar-refractivity contribution in [1.29, 1.82) is 5.26 Å². The molecule has 2 fully saturated rings. The standard InChI is InChI=1S/C23H33N3O4/c1-23(2,3)30-22(27)26-16-19-12-20(17-26)15-25(14-19)8-9-28-10-11-29-21-6-4-18(13-24)5-7-21/h4-7,19-20H,8-12,14-17H2,1-3H3. The third-order valence-corrected chi connectivity index (χ3v) is 5.34. The molecule has 0 saturated carbocycles. The molecule has 7 nitrogen and oxygen atoms in total. The fraction of sp³-hybridized carbons (Fsp3) is 0.652. The van der Waals surface area contributed by atoms with Gasteiger partial charge >= 0.3 is 6.09 Å². The predicted molar refractivity (Wildman–Crippen MR) is 113 cm³/mol. The Kier molecular flexibility index (Phi) is 7.57. The Morgan fingerprint density at radius 2 is 1.73 bits per heavy atom. The van der Waals surface area contributed by atoms with E-state index in [1.54, 1.807) is 24.3 Å². The number of carbonyl (C=O) groups is 1. The SMILES string of the molecule is CC(C)(C)OC(=O)N1CC2CC(CN(CCOCCOc3ccc(C#N)cc3)C2)C1. The van der Waals surface area contributed by atoms with Crippen molar-refractivity contribution in [3.8, 4) is 11.8 Å². The number of fused-ring (bicyclic) bond motifs is 2. The number of likely N-dealkylation sites (tertiary alicyclic amines) is 2. The minimum Gasteiger partial charge on any atom is -0.491 e. The van der Waals surface area contributed by atoms with Gasteiger partial charge in [-0.3, -0.25) is 0 Å². The molecule has 1 amide bonds. The maximum atomic E-state index is 12.4. The Balaban J connectivity index is 1.31. The molecule has 0 N–H and O–H groups in total. The molecule has 2 unspecified atom stereocenters. The van der Waals surface area contributed by atoms with E-state index in [9.17, 15) is 4.79 Å². The molecule has 2 aliphatic rings. The van der Waals surface area contributed by atoms with Crippen molar-refractivity contribution in [3.05, 3.63) is 29.8 Å². The van der Waals surface area contributed by atoms with Gasteiger partial charge in [0.1, 0.15) is 18.0 Å². The van der Waals surface area contributed by atoms with Crippen molar-refractivity contribution in [2.24, 2.45) is 11.8 Å². The van der Waals surface area contributed by atoms with E-state index in [1.807, 2.05) is 25.7 Å². The number of hydrogen-bond donors (Lipinski definition) is 0. The van der Waals surface area contributed by atoms with Crippen LogP contribution in [0.15, 0.2) is 24.3 Å². The van der Waals surface area contributed by atoms with Crippen LogP contribution in [0, 0.1) is 23.2 Å². The van der Waals surface area contributed by atoms with E-state index >= 15 is 0 Å². The topological polar surface area (TPSA) is 75.0 Å². The third kappa shape index (κ3) is 6.89. The number of amides is 1. The molecule has 3 rings (SSSR count). The molecule has 0 radical (unpaired) electrons. The van der Waals surface area contributed by atoms with E-state index in [2.05, 4.69) is 11.0 Å². The van der Waals surface area contributed by atoms with Crippen LogP contribution < -0.4 is 4.74 Å². The van der Waals surface area contributed by atoms with E-state index in [-0.39, 0.29) is 6.09 Å². The zero-order chi connectivity index (χ0) is 21.6. The minimum absolute atomic E-state index is 0.184. The van der Waals surface area contributed by atoms with Gasteiger partial charge in [0.05, 0.1) is 24.8 Å². The summed E-state index contributed by atoms with van der Waals surface area (Å²) in [5.74, 6) is 1.76. The van der Waals surface area contributed by atoms with E-state index in [1.165, 1.54) is 6.42 Å². The molecule has 2 bridgehead atoms. The summed E-state index contributed by atoms with van der Waals surface area (Å²) in [4.78, 5) is 16.7. The third-order valence-electron chi connectivity index (χ3n) is 5.34. The van der Waals surface area contributed by atoms with Gasteiger partial charge in [0, 0.05) is 32.7 Å². The molecule has 2 atom stereocenters. The first-order valence-corrected chi connectivity index (χ1v) is 10.7. The number of nitriles is 1. The van der Waals surface area contributed by atoms with Gasteiger partial charge in [-0.15, -0.1) is 0 Å². The number of rotatable bonds is 7. The number of nitrogens with zero attached hydrogens (tertiary/aromatic N) is 3. The summed E-state index contributed by atoms with van der Waals surface area (Å²) in [6.45, 7) is 11.9. The van der Waals surface area contributed by atoms with Crippen molar-refractivity contribution < 1.29 is 19.0 Å². The quantitative estimate of drug-likeness (QED) is 0.637. The van der Waals surface area contributed by atoms with Crippen molar-refractivity contribution in [1.82, 2.24) is 9.80 Å². The Hall–Kier alpha value is -2.30. The number of benzene rings is 1. The Morgan fingerprint density at radius 1 is 1.07 bits per heavy atom. The monoisotopic (exact) mass is 415 g/mol. The van der Waals surface area contributed by atoms with Gasteiger partial charge in [-0.2, -0.15) is 5.26 Å². The highest BCUT2D eigenvalue weighted by molar-refractivity contribution is 5.68. The van der Waals surface area contributed by atoms with Crippen LogP contribution in [0.5, 0.6) is 5.75 Å². The van der Waals surface area contributed by atoms with Crippen molar-refractivity contribution in [2.45, 2.75) is 32.8 Å². The van der Waals surface area contributed by atoms with Crippen LogP contribution in [-0.4, -0.2) is 74.0 Å². The summed E-state index contributed by atoms with van der Waals surface area (Å²) in [6, 6.07) is 9.17. The lowest BCUT2D eigenvalue weighted by Gasteiger charge is -2.45. The second kappa shape index (κ2) is 10.1. The molecule has 0 aromatic heterocycles. The Bertz CT molecular complexity index is 724. The van der Waals surface area contributed by atoms with Crippen LogP contribution in [0.2, 0.25) is 0 Å². The predicted octanol–water partition coefficient (Wildman–Crippen LogP) is 3.14. The molecular weight excluding hydrogens is 382 g/mol. The normalized spacial score (nSPS) is 21.7. The molecule has 2 aliphatic heterocycles. The van der Waals surface area contributed by atoms with Gasteiger partial charge in [-0.05, 0) is 63.3 Å². The highest BCUT2D eigenvalue weighted by Crippen LogP contribution is 2.29. The summed E-state index contributed by atoms with van der Waals surface area (Å²) in [5, 5.41) is 8.80. The van der Waals surface area contributed by atoms with E-state index in [0.29, 0.717) is 37.2 Å². The highest BCUT2D eigenvalue weighted by atomic mass is 16.6. The molecule has 2 saturated heterocycles. The molecule has 0 spiro atoms. The number of hydrogen-bond acceptors (Lipinski definition) is 6. The average Bonchev–Trinajstić information content (AvgIpc) is 2.69. The zero-order valence-electron chi connectivity index (χ0n) is 18.3. The van der Waals surface area contributed by atoms with Crippen LogP contribution in [0.25, 0.3) is 0 Å². The summed E-state index contributed by atoms with van der Waals surface area (Å²) in [6.07, 6.45) is 1.01. The second-order valence-electron chi connectivity index (χ2n) is 9.21. The van der Waals surface area contributed by atoms with Crippen molar-refractivity contribution in [3.63, 3.8) is 0 Å². The molecule has 0 aliphatic carbocycles. The summed E-state index contributed by atoms with van der Waals surface area (Å²) < 4.78 is 16.9. The van der Waals surface area contributed by atoms with Crippen molar-refractivity contribution >= 4 is 6.09 Å². The molecule has 1 aromatic rings. The number of piperidine rings is 2. The summed E-state index contributed by atoms with van der Waals surface area (Å²) in [7, 11) is 0. The molecule has 164 valence electrons. The van der Waals surface area contributed by atoms with Crippen molar-refractivity contribution in [2.75, 3.05) is 52.5 Å². The lowest BCUT2D eigenvalue weighted by Crippen LogP contribution is -2.55.